The Morgan fingerprint density at radius 2 is 1.83 bits per heavy atom. The van der Waals surface area contributed by atoms with Crippen LogP contribution in [0.5, 0.6) is 5.75 Å². The average Bonchev–Trinajstić information content (AvgIpc) is 2.54. The number of fused-ring (bicyclic) bond motifs is 1. The van der Waals surface area contributed by atoms with Crippen molar-refractivity contribution in [1.29, 1.82) is 0 Å². The number of pyridine rings is 1. The Morgan fingerprint density at radius 3 is 2.62 bits per heavy atom. The molecule has 3 aromatic rings. The molecule has 2 aromatic carbocycles. The van der Waals surface area contributed by atoms with Crippen molar-refractivity contribution >= 4 is 40.1 Å². The second-order valence-electron chi connectivity index (χ2n) is 5.04. The third kappa shape index (κ3) is 3.21. The van der Waals surface area contributed by atoms with E-state index in [4.69, 9.17) is 16.3 Å². The van der Waals surface area contributed by atoms with E-state index in [1.807, 2.05) is 24.3 Å². The first-order valence-electron chi connectivity index (χ1n) is 7.18. The Labute approximate surface area is 143 Å². The molecule has 0 saturated heterocycles. The second kappa shape index (κ2) is 6.68. The van der Waals surface area contributed by atoms with Gasteiger partial charge in [0.1, 0.15) is 11.3 Å². The number of hydrogen-bond acceptors (Lipinski definition) is 4. The fourth-order valence-corrected chi connectivity index (χ4v) is 2.61. The molecule has 0 atom stereocenters. The zero-order valence-corrected chi connectivity index (χ0v) is 13.5. The molecule has 3 rings (SSSR count). The number of amides is 1. The fourth-order valence-electron chi connectivity index (χ4n) is 2.35. The zero-order valence-electron chi connectivity index (χ0n) is 12.7. The Balaban J connectivity index is 1.99. The van der Waals surface area contributed by atoms with Crippen LogP contribution in [0.2, 0.25) is 5.02 Å². The van der Waals surface area contributed by atoms with Crippen molar-refractivity contribution in [2.45, 2.75) is 6.92 Å². The summed E-state index contributed by atoms with van der Waals surface area (Å²) in [6.07, 6.45) is 1.65. The number of aromatic nitrogens is 1. The maximum atomic E-state index is 12.7. The van der Waals surface area contributed by atoms with Crippen LogP contribution in [0.4, 0.5) is 5.69 Å². The third-order valence-corrected chi connectivity index (χ3v) is 3.65. The van der Waals surface area contributed by atoms with Gasteiger partial charge in [0.05, 0.1) is 16.2 Å². The van der Waals surface area contributed by atoms with Crippen LogP contribution in [-0.4, -0.2) is 16.9 Å². The van der Waals surface area contributed by atoms with E-state index in [0.29, 0.717) is 11.2 Å². The van der Waals surface area contributed by atoms with Crippen molar-refractivity contribution in [3.8, 4) is 5.75 Å². The second-order valence-corrected chi connectivity index (χ2v) is 5.45. The summed E-state index contributed by atoms with van der Waals surface area (Å²) in [5, 5.41) is 3.87. The van der Waals surface area contributed by atoms with E-state index in [-0.39, 0.29) is 16.3 Å². The van der Waals surface area contributed by atoms with Gasteiger partial charge in [-0.05, 0) is 24.3 Å². The van der Waals surface area contributed by atoms with Gasteiger partial charge in [-0.25, -0.2) is 0 Å². The number of ether oxygens (including phenoxy) is 1. The predicted molar refractivity (Wildman–Crippen MR) is 92.5 cm³/mol. The first kappa shape index (κ1) is 16.0. The fraction of sp³-hybridized carbons (Fsp3) is 0.0556. The highest BCUT2D eigenvalue weighted by Gasteiger charge is 2.19. The summed E-state index contributed by atoms with van der Waals surface area (Å²) in [5.41, 5.74) is 1.31. The highest BCUT2D eigenvalue weighted by atomic mass is 35.5. The normalized spacial score (nSPS) is 10.4. The van der Waals surface area contributed by atoms with Gasteiger partial charge in [0.15, 0.2) is 0 Å². The summed E-state index contributed by atoms with van der Waals surface area (Å²) in [5.74, 6) is -0.895. The molecule has 0 bridgehead atoms. The van der Waals surface area contributed by atoms with E-state index in [1.54, 1.807) is 24.4 Å². The summed E-state index contributed by atoms with van der Waals surface area (Å²) in [6.45, 7) is 1.26. The predicted octanol–water partition coefficient (Wildman–Crippen LogP) is 4.07. The Kier molecular flexibility index (Phi) is 4.44. The number of halogens is 1. The number of rotatable bonds is 3. The zero-order chi connectivity index (χ0) is 17.1. The van der Waals surface area contributed by atoms with Crippen LogP contribution in [0.3, 0.4) is 0 Å². The molecule has 0 fully saturated rings. The smallest absolute Gasteiger partial charge is 0.308 e. The van der Waals surface area contributed by atoms with Gasteiger partial charge in [-0.15, -0.1) is 0 Å². The standard InChI is InChI=1S/C18H13ClN2O3/c1-11(22)24-15-9-3-7-13(19)16(15)18(23)21-14-8-2-5-12-6-4-10-20-17(12)14/h2-10H,1H3,(H,21,23). The average molecular weight is 341 g/mol. The molecule has 6 heteroatoms. The van der Waals surface area contributed by atoms with Gasteiger partial charge >= 0.3 is 5.97 Å². The minimum Gasteiger partial charge on any atom is -0.426 e. The van der Waals surface area contributed by atoms with Gasteiger partial charge in [-0.2, -0.15) is 0 Å². The number of nitrogens with zero attached hydrogens (tertiary/aromatic N) is 1. The lowest BCUT2D eigenvalue weighted by atomic mass is 10.1. The van der Waals surface area contributed by atoms with Gasteiger partial charge in [0, 0.05) is 18.5 Å². The van der Waals surface area contributed by atoms with Gasteiger partial charge in [0.2, 0.25) is 0 Å². The van der Waals surface area contributed by atoms with Crippen molar-refractivity contribution in [3.63, 3.8) is 0 Å². The van der Waals surface area contributed by atoms with Crippen LogP contribution >= 0.6 is 11.6 Å². The van der Waals surface area contributed by atoms with Gasteiger partial charge in [0.25, 0.3) is 5.91 Å². The number of hydrogen-bond donors (Lipinski definition) is 1. The van der Waals surface area contributed by atoms with Crippen molar-refractivity contribution in [2.75, 3.05) is 5.32 Å². The van der Waals surface area contributed by atoms with Crippen LogP contribution in [0, 0.1) is 0 Å². The number of benzene rings is 2. The monoisotopic (exact) mass is 340 g/mol. The van der Waals surface area contributed by atoms with Crippen LogP contribution in [0.25, 0.3) is 10.9 Å². The minimum absolute atomic E-state index is 0.0994. The number of carbonyl (C=O) groups excluding carboxylic acids is 2. The van der Waals surface area contributed by atoms with Gasteiger partial charge in [-0.1, -0.05) is 35.9 Å². The minimum atomic E-state index is -0.529. The van der Waals surface area contributed by atoms with Gasteiger partial charge in [-0.3, -0.25) is 14.6 Å². The van der Waals surface area contributed by atoms with Gasteiger partial charge < -0.3 is 10.1 Å². The summed E-state index contributed by atoms with van der Waals surface area (Å²) < 4.78 is 5.07. The van der Waals surface area contributed by atoms with E-state index in [9.17, 15) is 9.59 Å². The molecule has 1 amide bonds. The number of carbonyl (C=O) groups is 2. The number of nitrogens with one attached hydrogen (secondary N) is 1. The molecule has 0 aliphatic heterocycles. The summed E-state index contributed by atoms with van der Waals surface area (Å²) in [7, 11) is 0. The first-order chi connectivity index (χ1) is 11.6. The molecule has 1 N–H and O–H groups in total. The molecule has 0 aliphatic carbocycles. The molecular formula is C18H13ClN2O3. The van der Waals surface area contributed by atoms with Crippen LogP contribution in [0.1, 0.15) is 17.3 Å². The molecule has 120 valence electrons. The molecule has 0 saturated carbocycles. The maximum Gasteiger partial charge on any atom is 0.308 e. The summed E-state index contributed by atoms with van der Waals surface area (Å²) in [4.78, 5) is 28.2. The van der Waals surface area contributed by atoms with E-state index in [0.717, 1.165) is 5.39 Å². The van der Waals surface area contributed by atoms with Crippen LogP contribution < -0.4 is 10.1 Å². The quantitative estimate of drug-likeness (QED) is 0.576. The number of esters is 1. The lowest BCUT2D eigenvalue weighted by molar-refractivity contribution is -0.131. The molecule has 0 unspecified atom stereocenters. The topological polar surface area (TPSA) is 68.3 Å². The van der Waals surface area contributed by atoms with Crippen molar-refractivity contribution in [1.82, 2.24) is 4.98 Å². The third-order valence-electron chi connectivity index (χ3n) is 3.34. The van der Waals surface area contributed by atoms with Crippen LogP contribution in [0.15, 0.2) is 54.7 Å². The summed E-state index contributed by atoms with van der Waals surface area (Å²) in [6, 6.07) is 13.9. The highest BCUT2D eigenvalue weighted by Crippen LogP contribution is 2.29. The van der Waals surface area contributed by atoms with E-state index in [1.165, 1.54) is 13.0 Å². The van der Waals surface area contributed by atoms with Crippen molar-refractivity contribution in [3.05, 3.63) is 65.3 Å². The molecule has 0 aliphatic rings. The number of anilines is 1. The van der Waals surface area contributed by atoms with E-state index in [2.05, 4.69) is 10.3 Å². The Morgan fingerprint density at radius 1 is 1.08 bits per heavy atom. The highest BCUT2D eigenvalue weighted by molar-refractivity contribution is 6.35. The van der Waals surface area contributed by atoms with Crippen LogP contribution in [-0.2, 0) is 4.79 Å². The molecule has 1 heterocycles. The summed E-state index contributed by atoms with van der Waals surface area (Å²) >= 11 is 6.12. The Hall–Kier alpha value is -2.92. The first-order valence-corrected chi connectivity index (χ1v) is 7.56. The molecule has 0 radical (unpaired) electrons. The largest absolute Gasteiger partial charge is 0.426 e. The van der Waals surface area contributed by atoms with E-state index < -0.39 is 11.9 Å². The SMILES string of the molecule is CC(=O)Oc1cccc(Cl)c1C(=O)Nc1cccc2cccnc12. The van der Waals surface area contributed by atoms with Crippen molar-refractivity contribution in [2.24, 2.45) is 0 Å². The molecular weight excluding hydrogens is 328 g/mol. The lowest BCUT2D eigenvalue weighted by Crippen LogP contribution is -2.16. The Bertz CT molecular complexity index is 935. The van der Waals surface area contributed by atoms with E-state index >= 15 is 0 Å². The molecule has 24 heavy (non-hydrogen) atoms. The molecule has 5 nitrogen and oxygen atoms in total. The molecule has 1 aromatic heterocycles. The molecule has 0 spiro atoms. The van der Waals surface area contributed by atoms with Crippen molar-refractivity contribution < 1.29 is 14.3 Å². The number of para-hydroxylation sites is 1. The lowest BCUT2D eigenvalue weighted by Gasteiger charge is -2.12. The maximum absolute atomic E-state index is 12.7.